The van der Waals surface area contributed by atoms with Crippen LogP contribution in [0, 0.1) is 11.3 Å². The Balaban J connectivity index is 2.08. The van der Waals surface area contributed by atoms with Gasteiger partial charge in [0.2, 0.25) is 0 Å². The van der Waals surface area contributed by atoms with Gasteiger partial charge < -0.3 is 5.32 Å². The number of halogens is 1. The minimum atomic E-state index is -0.288. The fourth-order valence-corrected chi connectivity index (χ4v) is 2.33. The van der Waals surface area contributed by atoms with Crippen LogP contribution in [-0.2, 0) is 4.79 Å². The molecule has 0 unspecified atom stereocenters. The van der Waals surface area contributed by atoms with Crippen LogP contribution < -0.4 is 5.32 Å². The molecule has 0 heterocycles. The van der Waals surface area contributed by atoms with Gasteiger partial charge in [0.05, 0.1) is 0 Å². The van der Waals surface area contributed by atoms with Crippen molar-refractivity contribution < 1.29 is 4.79 Å². The number of hydrogen-bond acceptors (Lipinski definition) is 2. The molecule has 1 amide bonds. The molecule has 1 fully saturated rings. The zero-order valence-electron chi connectivity index (χ0n) is 10.5. The first-order valence-corrected chi connectivity index (χ1v) is 6.75. The fraction of sp³-hybridized carbons (Fsp3) is 0.333. The summed E-state index contributed by atoms with van der Waals surface area (Å²) in [7, 11) is 0. The van der Waals surface area contributed by atoms with Gasteiger partial charge in [0.15, 0.2) is 0 Å². The van der Waals surface area contributed by atoms with Gasteiger partial charge in [-0.1, -0.05) is 36.6 Å². The zero-order chi connectivity index (χ0) is 13.7. The lowest BCUT2D eigenvalue weighted by Gasteiger charge is -2.10. The summed E-state index contributed by atoms with van der Waals surface area (Å²) in [6.45, 7) is 0. The lowest BCUT2D eigenvalue weighted by Crippen LogP contribution is -2.33. The van der Waals surface area contributed by atoms with E-state index in [1.54, 1.807) is 30.3 Å². The number of nitrogens with one attached hydrogen (secondary N) is 1. The van der Waals surface area contributed by atoms with E-state index in [4.69, 9.17) is 16.9 Å². The number of carbonyl (C=O) groups excluding carboxylic acids is 1. The highest BCUT2D eigenvalue weighted by atomic mass is 35.5. The average Bonchev–Trinajstić information content (AvgIpc) is 2.90. The smallest absolute Gasteiger partial charge is 0.262 e. The Hall–Kier alpha value is -1.79. The van der Waals surface area contributed by atoms with Gasteiger partial charge in [0.1, 0.15) is 11.6 Å². The molecule has 1 aromatic rings. The Kier molecular flexibility index (Phi) is 4.59. The molecule has 98 valence electrons. The van der Waals surface area contributed by atoms with Gasteiger partial charge in [0, 0.05) is 11.1 Å². The van der Waals surface area contributed by atoms with Crippen LogP contribution in [0.4, 0.5) is 0 Å². The highest BCUT2D eigenvalue weighted by Crippen LogP contribution is 2.18. The van der Waals surface area contributed by atoms with Crippen molar-refractivity contribution in [3.05, 3.63) is 40.4 Å². The third-order valence-corrected chi connectivity index (χ3v) is 3.49. The molecule has 1 aromatic carbocycles. The predicted molar refractivity (Wildman–Crippen MR) is 75.4 cm³/mol. The number of nitriles is 1. The number of benzene rings is 1. The normalized spacial score (nSPS) is 16.1. The molecule has 1 saturated carbocycles. The number of rotatable bonds is 3. The van der Waals surface area contributed by atoms with E-state index in [-0.39, 0.29) is 17.5 Å². The summed E-state index contributed by atoms with van der Waals surface area (Å²) in [5, 5.41) is 12.6. The number of carbonyl (C=O) groups is 1. The molecule has 1 aliphatic carbocycles. The van der Waals surface area contributed by atoms with Crippen LogP contribution in [0.15, 0.2) is 29.8 Å². The first kappa shape index (κ1) is 13.6. The molecule has 0 saturated heterocycles. The molecule has 0 atom stereocenters. The van der Waals surface area contributed by atoms with E-state index in [0.717, 1.165) is 31.2 Å². The predicted octanol–water partition coefficient (Wildman–Crippen LogP) is 3.31. The van der Waals surface area contributed by atoms with Gasteiger partial charge in [-0.2, -0.15) is 5.26 Å². The summed E-state index contributed by atoms with van der Waals surface area (Å²) >= 11 is 5.79. The van der Waals surface area contributed by atoms with E-state index in [2.05, 4.69) is 5.32 Å². The second-order valence-electron chi connectivity index (χ2n) is 4.68. The van der Waals surface area contributed by atoms with Crippen molar-refractivity contribution in [1.29, 1.82) is 5.26 Å². The minimum absolute atomic E-state index is 0.134. The maximum absolute atomic E-state index is 12.0. The Bertz CT molecular complexity index is 522. The summed E-state index contributed by atoms with van der Waals surface area (Å²) in [6, 6.07) is 9.20. The molecule has 1 aliphatic rings. The molecular formula is C15H15ClN2O. The first-order valence-electron chi connectivity index (χ1n) is 6.37. The molecule has 3 nitrogen and oxygen atoms in total. The van der Waals surface area contributed by atoms with Crippen molar-refractivity contribution >= 4 is 23.6 Å². The molecule has 0 bridgehead atoms. The maximum atomic E-state index is 12.0. The second kappa shape index (κ2) is 6.40. The molecule has 2 rings (SSSR count). The molecule has 19 heavy (non-hydrogen) atoms. The molecule has 4 heteroatoms. The largest absolute Gasteiger partial charge is 0.349 e. The van der Waals surface area contributed by atoms with Crippen molar-refractivity contribution in [2.24, 2.45) is 0 Å². The maximum Gasteiger partial charge on any atom is 0.262 e. The first-order chi connectivity index (χ1) is 9.19. The van der Waals surface area contributed by atoms with Crippen molar-refractivity contribution in [1.82, 2.24) is 5.32 Å². The SMILES string of the molecule is N#C/C(=C\c1ccc(Cl)cc1)C(=O)NC1CCCC1. The third kappa shape index (κ3) is 3.84. The van der Waals surface area contributed by atoms with Crippen LogP contribution in [0.1, 0.15) is 31.2 Å². The van der Waals surface area contributed by atoms with E-state index < -0.39 is 0 Å². The van der Waals surface area contributed by atoms with Gasteiger partial charge in [-0.3, -0.25) is 4.79 Å². The van der Waals surface area contributed by atoms with Crippen LogP contribution in [0.5, 0.6) is 0 Å². The van der Waals surface area contributed by atoms with E-state index in [0.29, 0.717) is 5.02 Å². The Labute approximate surface area is 117 Å². The fourth-order valence-electron chi connectivity index (χ4n) is 2.21. The molecule has 0 spiro atoms. The number of nitrogens with zero attached hydrogens (tertiary/aromatic N) is 1. The summed E-state index contributed by atoms with van der Waals surface area (Å²) in [6.07, 6.45) is 5.89. The van der Waals surface area contributed by atoms with Gasteiger partial charge in [0.25, 0.3) is 5.91 Å². The monoisotopic (exact) mass is 274 g/mol. The molecule has 0 radical (unpaired) electrons. The summed E-state index contributed by atoms with van der Waals surface area (Å²) in [4.78, 5) is 12.0. The Morgan fingerprint density at radius 2 is 1.95 bits per heavy atom. The number of amides is 1. The lowest BCUT2D eigenvalue weighted by atomic mass is 10.1. The summed E-state index contributed by atoms with van der Waals surface area (Å²) in [5.74, 6) is -0.288. The molecule has 0 aromatic heterocycles. The standard InChI is InChI=1S/C15H15ClN2O/c16-13-7-5-11(6-8-13)9-12(10-17)15(19)18-14-3-1-2-4-14/h5-9,14H,1-4H2,(H,18,19)/b12-9+. The second-order valence-corrected chi connectivity index (χ2v) is 5.11. The van der Waals surface area contributed by atoms with Gasteiger partial charge in [-0.25, -0.2) is 0 Å². The molecule has 1 N–H and O–H groups in total. The van der Waals surface area contributed by atoms with Crippen LogP contribution in [0.3, 0.4) is 0 Å². The van der Waals surface area contributed by atoms with Crippen LogP contribution in [0.2, 0.25) is 5.02 Å². The van der Waals surface area contributed by atoms with Crippen molar-refractivity contribution in [2.75, 3.05) is 0 Å². The van der Waals surface area contributed by atoms with Gasteiger partial charge in [-0.05, 0) is 36.6 Å². The van der Waals surface area contributed by atoms with Crippen LogP contribution in [-0.4, -0.2) is 11.9 Å². The van der Waals surface area contributed by atoms with Crippen molar-refractivity contribution in [3.8, 4) is 6.07 Å². The Morgan fingerprint density at radius 1 is 1.32 bits per heavy atom. The summed E-state index contributed by atoms with van der Waals surface area (Å²) < 4.78 is 0. The number of hydrogen-bond donors (Lipinski definition) is 1. The molecular weight excluding hydrogens is 260 g/mol. The van der Waals surface area contributed by atoms with Gasteiger partial charge in [-0.15, -0.1) is 0 Å². The summed E-state index contributed by atoms with van der Waals surface area (Å²) in [5.41, 5.74) is 0.928. The van der Waals surface area contributed by atoms with Crippen LogP contribution >= 0.6 is 11.6 Å². The van der Waals surface area contributed by atoms with E-state index in [1.165, 1.54) is 0 Å². The average molecular weight is 275 g/mol. The topological polar surface area (TPSA) is 52.9 Å². The highest BCUT2D eigenvalue weighted by molar-refractivity contribution is 6.30. The lowest BCUT2D eigenvalue weighted by molar-refractivity contribution is -0.117. The van der Waals surface area contributed by atoms with Crippen LogP contribution in [0.25, 0.3) is 6.08 Å². The minimum Gasteiger partial charge on any atom is -0.349 e. The third-order valence-electron chi connectivity index (χ3n) is 3.24. The quantitative estimate of drug-likeness (QED) is 0.679. The van der Waals surface area contributed by atoms with Gasteiger partial charge >= 0.3 is 0 Å². The highest BCUT2D eigenvalue weighted by Gasteiger charge is 2.19. The Morgan fingerprint density at radius 3 is 2.53 bits per heavy atom. The van der Waals surface area contributed by atoms with Crippen molar-refractivity contribution in [3.63, 3.8) is 0 Å². The molecule has 0 aliphatic heterocycles. The van der Waals surface area contributed by atoms with E-state index in [9.17, 15) is 4.79 Å². The zero-order valence-corrected chi connectivity index (χ0v) is 11.3. The van der Waals surface area contributed by atoms with E-state index in [1.807, 2.05) is 6.07 Å². The van der Waals surface area contributed by atoms with E-state index >= 15 is 0 Å². The van der Waals surface area contributed by atoms with Crippen molar-refractivity contribution in [2.45, 2.75) is 31.7 Å².